The molecule has 0 radical (unpaired) electrons. The van der Waals surface area contributed by atoms with Crippen LogP contribution in [0.3, 0.4) is 0 Å². The van der Waals surface area contributed by atoms with Crippen molar-refractivity contribution in [2.75, 3.05) is 0 Å². The van der Waals surface area contributed by atoms with Crippen molar-refractivity contribution in [1.29, 1.82) is 0 Å². The molecule has 128 valence electrons. The second-order valence-electron chi connectivity index (χ2n) is 5.92. The number of halogens is 1. The summed E-state index contributed by atoms with van der Waals surface area (Å²) in [7, 11) is 1.83. The molecule has 1 atom stereocenters. The fraction of sp³-hybridized carbons (Fsp3) is 0.211. The van der Waals surface area contributed by atoms with Crippen LogP contribution in [0.2, 0.25) is 0 Å². The Balaban J connectivity index is 2.00. The van der Waals surface area contributed by atoms with Gasteiger partial charge in [-0.1, -0.05) is 42.5 Å². The Morgan fingerprint density at radius 3 is 2.44 bits per heavy atom. The van der Waals surface area contributed by atoms with Crippen molar-refractivity contribution in [3.05, 3.63) is 82.7 Å². The lowest BCUT2D eigenvalue weighted by Gasteiger charge is -2.19. The molecule has 0 saturated carbocycles. The maximum atomic E-state index is 14.3. The number of aromatic nitrogens is 3. The molecule has 0 aliphatic heterocycles. The van der Waals surface area contributed by atoms with Gasteiger partial charge in [-0.15, -0.1) is 10.2 Å². The van der Waals surface area contributed by atoms with Gasteiger partial charge >= 0.3 is 0 Å². The topological polar surface area (TPSA) is 59.8 Å². The Bertz CT molecular complexity index is 905. The van der Waals surface area contributed by atoms with Crippen LogP contribution in [0.25, 0.3) is 0 Å². The summed E-state index contributed by atoms with van der Waals surface area (Å²) in [6.45, 7) is 3.47. The van der Waals surface area contributed by atoms with Gasteiger partial charge in [0.05, 0.1) is 5.56 Å². The maximum absolute atomic E-state index is 14.3. The number of aryl methyl sites for hydroxylation is 2. The number of carbonyl (C=O) groups is 1. The summed E-state index contributed by atoms with van der Waals surface area (Å²) in [6.07, 6.45) is 0. The number of hydrogen-bond donors (Lipinski definition) is 1. The van der Waals surface area contributed by atoms with Gasteiger partial charge in [0.25, 0.3) is 5.91 Å². The summed E-state index contributed by atoms with van der Waals surface area (Å²) < 4.78 is 16.1. The van der Waals surface area contributed by atoms with Crippen LogP contribution in [0.15, 0.2) is 48.5 Å². The first kappa shape index (κ1) is 16.8. The molecule has 1 aromatic heterocycles. The molecule has 5 nitrogen and oxygen atoms in total. The summed E-state index contributed by atoms with van der Waals surface area (Å²) in [5.74, 6) is 0.314. The van der Waals surface area contributed by atoms with Crippen molar-refractivity contribution >= 4 is 5.91 Å². The number of rotatable bonds is 4. The van der Waals surface area contributed by atoms with E-state index in [1.165, 1.54) is 6.07 Å². The fourth-order valence-corrected chi connectivity index (χ4v) is 2.65. The highest BCUT2D eigenvalue weighted by Crippen LogP contribution is 2.22. The molecule has 1 heterocycles. The van der Waals surface area contributed by atoms with Crippen molar-refractivity contribution in [2.45, 2.75) is 19.9 Å². The van der Waals surface area contributed by atoms with Crippen molar-refractivity contribution in [3.63, 3.8) is 0 Å². The Morgan fingerprint density at radius 1 is 1.08 bits per heavy atom. The van der Waals surface area contributed by atoms with Gasteiger partial charge in [-0.05, 0) is 31.0 Å². The summed E-state index contributed by atoms with van der Waals surface area (Å²) in [5, 5.41) is 11.1. The molecule has 0 saturated heterocycles. The van der Waals surface area contributed by atoms with E-state index >= 15 is 0 Å². The Hall–Kier alpha value is -3.02. The normalized spacial score (nSPS) is 12.0. The lowest BCUT2D eigenvalue weighted by Crippen LogP contribution is -2.32. The van der Waals surface area contributed by atoms with Crippen molar-refractivity contribution in [1.82, 2.24) is 20.1 Å². The van der Waals surface area contributed by atoms with Gasteiger partial charge in [-0.2, -0.15) is 0 Å². The third-order valence-corrected chi connectivity index (χ3v) is 4.23. The largest absolute Gasteiger partial charge is 0.338 e. The molecule has 0 unspecified atom stereocenters. The molecule has 0 bridgehead atoms. The van der Waals surface area contributed by atoms with E-state index in [0.717, 1.165) is 11.4 Å². The predicted molar refractivity (Wildman–Crippen MR) is 92.6 cm³/mol. The number of carbonyl (C=O) groups excluding carboxylic acids is 1. The first-order valence-corrected chi connectivity index (χ1v) is 7.96. The Kier molecular flexibility index (Phi) is 4.61. The van der Waals surface area contributed by atoms with E-state index in [4.69, 9.17) is 0 Å². The SMILES string of the molecule is Cc1cccc(C(=O)N[C@@H](c2ccccc2)c2nnc(C)n2C)c1F. The first-order valence-electron chi connectivity index (χ1n) is 7.96. The molecular weight excluding hydrogens is 319 g/mol. The highest BCUT2D eigenvalue weighted by molar-refractivity contribution is 5.95. The zero-order valence-corrected chi connectivity index (χ0v) is 14.3. The van der Waals surface area contributed by atoms with E-state index in [0.29, 0.717) is 11.4 Å². The molecule has 2 aromatic carbocycles. The molecule has 3 aromatic rings. The van der Waals surface area contributed by atoms with Gasteiger partial charge in [0, 0.05) is 7.05 Å². The predicted octanol–water partition coefficient (Wildman–Crippen LogP) is 3.09. The van der Waals surface area contributed by atoms with Crippen LogP contribution in [0.5, 0.6) is 0 Å². The lowest BCUT2D eigenvalue weighted by atomic mass is 10.0. The van der Waals surface area contributed by atoms with Crippen LogP contribution < -0.4 is 5.32 Å². The third kappa shape index (κ3) is 3.28. The van der Waals surface area contributed by atoms with Gasteiger partial charge in [-0.3, -0.25) is 4.79 Å². The van der Waals surface area contributed by atoms with Crippen molar-refractivity contribution in [3.8, 4) is 0 Å². The second kappa shape index (κ2) is 6.84. The highest BCUT2D eigenvalue weighted by Gasteiger charge is 2.24. The fourth-order valence-electron chi connectivity index (χ4n) is 2.65. The van der Waals surface area contributed by atoms with E-state index in [9.17, 15) is 9.18 Å². The minimum atomic E-state index is -0.528. The van der Waals surface area contributed by atoms with Crippen LogP contribution in [0.1, 0.15) is 39.2 Å². The van der Waals surface area contributed by atoms with Crippen LogP contribution >= 0.6 is 0 Å². The van der Waals surface area contributed by atoms with Gasteiger partial charge in [0.2, 0.25) is 0 Å². The minimum absolute atomic E-state index is 0.0137. The van der Waals surface area contributed by atoms with Crippen molar-refractivity contribution < 1.29 is 9.18 Å². The summed E-state index contributed by atoms with van der Waals surface area (Å²) >= 11 is 0. The van der Waals surface area contributed by atoms with E-state index in [1.807, 2.05) is 48.9 Å². The number of hydrogen-bond acceptors (Lipinski definition) is 3. The monoisotopic (exact) mass is 338 g/mol. The highest BCUT2D eigenvalue weighted by atomic mass is 19.1. The van der Waals surface area contributed by atoms with Crippen LogP contribution in [0.4, 0.5) is 4.39 Å². The smallest absolute Gasteiger partial charge is 0.255 e. The summed E-state index contributed by atoms with van der Waals surface area (Å²) in [4.78, 5) is 12.7. The molecule has 1 amide bonds. The van der Waals surface area contributed by atoms with Gasteiger partial charge in [-0.25, -0.2) is 4.39 Å². The molecule has 3 rings (SSSR count). The zero-order chi connectivity index (χ0) is 18.0. The molecule has 0 aliphatic rings. The van der Waals surface area contributed by atoms with Crippen molar-refractivity contribution in [2.24, 2.45) is 7.05 Å². The standard InChI is InChI=1S/C19H19FN4O/c1-12-8-7-11-15(16(12)20)19(25)21-17(14-9-5-4-6-10-14)18-23-22-13(2)24(18)3/h4-11,17H,1-3H3,(H,21,25)/t17-/m0/s1. The average Bonchev–Trinajstić information content (AvgIpc) is 2.95. The van der Waals surface area contributed by atoms with E-state index in [-0.39, 0.29) is 5.56 Å². The minimum Gasteiger partial charge on any atom is -0.338 e. The van der Waals surface area contributed by atoms with Crippen LogP contribution in [0, 0.1) is 19.7 Å². The van der Waals surface area contributed by atoms with Gasteiger partial charge in [0.15, 0.2) is 5.82 Å². The summed E-state index contributed by atoms with van der Waals surface area (Å²) in [5.41, 5.74) is 1.29. The van der Waals surface area contributed by atoms with Crippen LogP contribution in [-0.2, 0) is 7.05 Å². The Labute approximate surface area is 145 Å². The van der Waals surface area contributed by atoms with Gasteiger partial charge in [0.1, 0.15) is 17.7 Å². The molecule has 1 N–H and O–H groups in total. The molecule has 0 spiro atoms. The molecular formula is C19H19FN4O. The van der Waals surface area contributed by atoms with E-state index in [1.54, 1.807) is 19.1 Å². The third-order valence-electron chi connectivity index (χ3n) is 4.23. The number of nitrogens with one attached hydrogen (secondary N) is 1. The second-order valence-corrected chi connectivity index (χ2v) is 5.92. The molecule has 6 heteroatoms. The summed E-state index contributed by atoms with van der Waals surface area (Å²) in [6, 6.07) is 13.7. The van der Waals surface area contributed by atoms with E-state index < -0.39 is 17.8 Å². The quantitative estimate of drug-likeness (QED) is 0.795. The van der Waals surface area contributed by atoms with E-state index in [2.05, 4.69) is 15.5 Å². The zero-order valence-electron chi connectivity index (χ0n) is 14.3. The lowest BCUT2D eigenvalue weighted by molar-refractivity contribution is 0.0937. The number of nitrogens with zero attached hydrogens (tertiary/aromatic N) is 3. The molecule has 0 aliphatic carbocycles. The Morgan fingerprint density at radius 2 is 1.80 bits per heavy atom. The number of benzene rings is 2. The maximum Gasteiger partial charge on any atom is 0.255 e. The van der Waals surface area contributed by atoms with Gasteiger partial charge < -0.3 is 9.88 Å². The average molecular weight is 338 g/mol. The first-order chi connectivity index (χ1) is 12.0. The van der Waals surface area contributed by atoms with Crippen LogP contribution in [-0.4, -0.2) is 20.7 Å². The number of amides is 1. The molecule has 25 heavy (non-hydrogen) atoms. The molecule has 0 fully saturated rings.